The maximum atomic E-state index is 11.4. The van der Waals surface area contributed by atoms with E-state index >= 15 is 0 Å². The molecular weight excluding hydrogens is 266 g/mol. The highest BCUT2D eigenvalue weighted by Gasteiger charge is 2.18. The van der Waals surface area contributed by atoms with Crippen molar-refractivity contribution in [3.63, 3.8) is 0 Å². The minimum Gasteiger partial charge on any atom is -0.478 e. The number of fused-ring (bicyclic) bond motifs is 1. The van der Waals surface area contributed by atoms with Gasteiger partial charge in [0.05, 0.1) is 11.1 Å². The summed E-state index contributed by atoms with van der Waals surface area (Å²) in [6.45, 7) is 6.02. The van der Waals surface area contributed by atoms with Gasteiger partial charge in [-0.05, 0) is 39.2 Å². The molecule has 0 fully saturated rings. The van der Waals surface area contributed by atoms with E-state index < -0.39 is 5.97 Å². The molecule has 0 saturated heterocycles. The molecule has 1 heterocycles. The Morgan fingerprint density at radius 1 is 1.38 bits per heavy atom. The molecule has 1 aromatic heterocycles. The third kappa shape index (κ3) is 3.24. The Labute approximate surface area is 125 Å². The molecule has 0 spiro atoms. The molecule has 0 amide bonds. The second-order valence-corrected chi connectivity index (χ2v) is 5.91. The van der Waals surface area contributed by atoms with Crippen LogP contribution in [0.25, 0.3) is 11.0 Å². The van der Waals surface area contributed by atoms with Crippen LogP contribution in [-0.2, 0) is 6.54 Å². The van der Waals surface area contributed by atoms with Crippen LogP contribution in [-0.4, -0.2) is 46.2 Å². The van der Waals surface area contributed by atoms with Crippen molar-refractivity contribution in [1.82, 2.24) is 14.5 Å². The second-order valence-electron chi connectivity index (χ2n) is 5.91. The van der Waals surface area contributed by atoms with Gasteiger partial charge in [0, 0.05) is 12.5 Å². The van der Waals surface area contributed by atoms with Crippen LogP contribution in [0.1, 0.15) is 42.4 Å². The van der Waals surface area contributed by atoms with E-state index in [9.17, 15) is 9.90 Å². The third-order valence-corrected chi connectivity index (χ3v) is 3.54. The fourth-order valence-electron chi connectivity index (χ4n) is 2.56. The molecular formula is C16H23N3O2. The molecule has 0 aliphatic rings. The van der Waals surface area contributed by atoms with Crippen molar-refractivity contribution in [2.24, 2.45) is 0 Å². The zero-order valence-electron chi connectivity index (χ0n) is 13.1. The van der Waals surface area contributed by atoms with Crippen LogP contribution in [0.3, 0.4) is 0 Å². The molecule has 114 valence electrons. The number of carbonyl (C=O) groups is 1. The molecule has 0 atom stereocenters. The average molecular weight is 289 g/mol. The number of hydrogen-bond donors (Lipinski definition) is 1. The molecule has 0 unspecified atom stereocenters. The van der Waals surface area contributed by atoms with E-state index in [4.69, 9.17) is 0 Å². The SMILES string of the molecule is CC(C)c1nc2c(C(=O)O)cccc2n1CCCN(C)C. The summed E-state index contributed by atoms with van der Waals surface area (Å²) in [6, 6.07) is 5.36. The Kier molecular flexibility index (Phi) is 4.63. The maximum absolute atomic E-state index is 11.4. The van der Waals surface area contributed by atoms with Gasteiger partial charge in [0.15, 0.2) is 0 Å². The number of carboxylic acids is 1. The summed E-state index contributed by atoms with van der Waals surface area (Å²) in [6.07, 6.45) is 1.01. The number of para-hydroxylation sites is 1. The third-order valence-electron chi connectivity index (χ3n) is 3.54. The Balaban J connectivity index is 2.48. The molecule has 0 radical (unpaired) electrons. The minimum atomic E-state index is -0.922. The van der Waals surface area contributed by atoms with Crippen molar-refractivity contribution in [2.75, 3.05) is 20.6 Å². The van der Waals surface area contributed by atoms with Gasteiger partial charge in [-0.25, -0.2) is 9.78 Å². The lowest BCUT2D eigenvalue weighted by molar-refractivity contribution is 0.0699. The first-order valence-corrected chi connectivity index (χ1v) is 7.29. The average Bonchev–Trinajstić information content (AvgIpc) is 2.77. The van der Waals surface area contributed by atoms with Crippen molar-refractivity contribution in [3.8, 4) is 0 Å². The summed E-state index contributed by atoms with van der Waals surface area (Å²) >= 11 is 0. The van der Waals surface area contributed by atoms with E-state index in [1.54, 1.807) is 12.1 Å². The highest BCUT2D eigenvalue weighted by atomic mass is 16.4. The Bertz CT molecular complexity index is 644. The van der Waals surface area contributed by atoms with Crippen LogP contribution < -0.4 is 0 Å². The summed E-state index contributed by atoms with van der Waals surface area (Å²) in [5.41, 5.74) is 1.79. The molecule has 2 aromatic rings. The normalized spacial score (nSPS) is 11.7. The zero-order chi connectivity index (χ0) is 15.6. The summed E-state index contributed by atoms with van der Waals surface area (Å²) in [5.74, 6) is 0.296. The Hall–Kier alpha value is -1.88. The zero-order valence-corrected chi connectivity index (χ0v) is 13.1. The number of imidazole rings is 1. The number of aromatic carboxylic acids is 1. The number of nitrogens with zero attached hydrogens (tertiary/aromatic N) is 3. The van der Waals surface area contributed by atoms with Crippen LogP contribution in [0.5, 0.6) is 0 Å². The Morgan fingerprint density at radius 2 is 2.10 bits per heavy atom. The number of benzene rings is 1. The molecule has 0 saturated carbocycles. The van der Waals surface area contributed by atoms with Crippen molar-refractivity contribution < 1.29 is 9.90 Å². The molecule has 0 aliphatic carbocycles. The number of rotatable bonds is 6. The molecule has 21 heavy (non-hydrogen) atoms. The lowest BCUT2D eigenvalue weighted by Gasteiger charge is -2.13. The number of aryl methyl sites for hydroxylation is 1. The summed E-state index contributed by atoms with van der Waals surface area (Å²) in [5, 5.41) is 9.31. The van der Waals surface area contributed by atoms with Gasteiger partial charge in [-0.1, -0.05) is 19.9 Å². The highest BCUT2D eigenvalue weighted by molar-refractivity contribution is 6.01. The minimum absolute atomic E-state index is 0.262. The fourth-order valence-corrected chi connectivity index (χ4v) is 2.56. The number of aromatic nitrogens is 2. The van der Waals surface area contributed by atoms with Crippen LogP contribution in [0.2, 0.25) is 0 Å². The fraction of sp³-hybridized carbons (Fsp3) is 0.500. The highest BCUT2D eigenvalue weighted by Crippen LogP contribution is 2.25. The summed E-state index contributed by atoms with van der Waals surface area (Å²) in [4.78, 5) is 18.1. The van der Waals surface area contributed by atoms with Crippen LogP contribution in [0.15, 0.2) is 18.2 Å². The van der Waals surface area contributed by atoms with Gasteiger partial charge in [0.2, 0.25) is 0 Å². The van der Waals surface area contributed by atoms with E-state index in [0.717, 1.165) is 30.9 Å². The first-order chi connectivity index (χ1) is 9.91. The van der Waals surface area contributed by atoms with E-state index in [1.807, 2.05) is 6.07 Å². The van der Waals surface area contributed by atoms with Gasteiger partial charge < -0.3 is 14.6 Å². The number of carboxylic acid groups (broad SMARTS) is 1. The van der Waals surface area contributed by atoms with Crippen LogP contribution in [0.4, 0.5) is 0 Å². The monoisotopic (exact) mass is 289 g/mol. The van der Waals surface area contributed by atoms with Gasteiger partial charge in [0.25, 0.3) is 0 Å². The van der Waals surface area contributed by atoms with Gasteiger partial charge >= 0.3 is 5.97 Å². The lowest BCUT2D eigenvalue weighted by Crippen LogP contribution is -2.16. The van der Waals surface area contributed by atoms with Crippen molar-refractivity contribution >= 4 is 17.0 Å². The standard InChI is InChI=1S/C16H23N3O2/c1-11(2)15-17-14-12(16(20)21)7-5-8-13(14)19(15)10-6-9-18(3)4/h5,7-8,11H,6,9-10H2,1-4H3,(H,20,21). The predicted octanol–water partition coefficient (Wildman–Crippen LogP) is 2.81. The second kappa shape index (κ2) is 6.26. The van der Waals surface area contributed by atoms with Crippen LogP contribution >= 0.6 is 0 Å². The van der Waals surface area contributed by atoms with E-state index in [1.165, 1.54) is 0 Å². The van der Waals surface area contributed by atoms with Gasteiger partial charge in [-0.2, -0.15) is 0 Å². The smallest absolute Gasteiger partial charge is 0.337 e. The van der Waals surface area contributed by atoms with Crippen molar-refractivity contribution in [2.45, 2.75) is 32.7 Å². The van der Waals surface area contributed by atoms with Crippen LogP contribution in [0, 0.1) is 0 Å². The van der Waals surface area contributed by atoms with E-state index in [0.29, 0.717) is 5.52 Å². The van der Waals surface area contributed by atoms with Crippen molar-refractivity contribution in [1.29, 1.82) is 0 Å². The quantitative estimate of drug-likeness (QED) is 0.888. The molecule has 5 nitrogen and oxygen atoms in total. The molecule has 0 aliphatic heterocycles. The molecule has 0 bridgehead atoms. The van der Waals surface area contributed by atoms with Gasteiger partial charge in [-0.3, -0.25) is 0 Å². The topological polar surface area (TPSA) is 58.4 Å². The van der Waals surface area contributed by atoms with Gasteiger partial charge in [-0.15, -0.1) is 0 Å². The first kappa shape index (κ1) is 15.5. The molecule has 5 heteroatoms. The van der Waals surface area contributed by atoms with Gasteiger partial charge in [0.1, 0.15) is 11.3 Å². The maximum Gasteiger partial charge on any atom is 0.337 e. The van der Waals surface area contributed by atoms with Crippen molar-refractivity contribution in [3.05, 3.63) is 29.6 Å². The predicted molar refractivity (Wildman–Crippen MR) is 84.0 cm³/mol. The first-order valence-electron chi connectivity index (χ1n) is 7.29. The Morgan fingerprint density at radius 3 is 2.67 bits per heavy atom. The summed E-state index contributed by atoms with van der Waals surface area (Å²) in [7, 11) is 4.11. The largest absolute Gasteiger partial charge is 0.478 e. The van der Waals surface area contributed by atoms with E-state index in [-0.39, 0.29) is 11.5 Å². The molecule has 1 N–H and O–H groups in total. The molecule has 2 rings (SSSR count). The lowest BCUT2D eigenvalue weighted by atomic mass is 10.2. The van der Waals surface area contributed by atoms with E-state index in [2.05, 4.69) is 42.4 Å². The summed E-state index contributed by atoms with van der Waals surface area (Å²) < 4.78 is 2.16. The number of hydrogen-bond acceptors (Lipinski definition) is 3. The molecule has 1 aromatic carbocycles.